The van der Waals surface area contributed by atoms with Gasteiger partial charge < -0.3 is 4.98 Å². The number of hydroxylamine groups is 1. The van der Waals surface area contributed by atoms with E-state index in [0.29, 0.717) is 10.7 Å². The van der Waals surface area contributed by atoms with Gasteiger partial charge in [0.25, 0.3) is 5.91 Å². The average molecular weight is 492 g/mol. The topological polar surface area (TPSA) is 65.6 Å². The third-order valence-electron chi connectivity index (χ3n) is 6.53. The summed E-state index contributed by atoms with van der Waals surface area (Å²) in [6, 6.07) is 21.7. The SMILES string of the molecule is Cc1[nH]c2ccccc2c1C1C2C(=O)N(c3ccc(Cl)c(Cl)c3)C(=O)C2ON1c1ccccc1. The van der Waals surface area contributed by atoms with Crippen LogP contribution in [0.15, 0.2) is 72.8 Å². The van der Waals surface area contributed by atoms with Gasteiger partial charge in [0.2, 0.25) is 5.91 Å². The van der Waals surface area contributed by atoms with Crippen molar-refractivity contribution >= 4 is 57.3 Å². The molecule has 8 heteroatoms. The van der Waals surface area contributed by atoms with E-state index in [2.05, 4.69) is 4.98 Å². The molecule has 0 spiro atoms. The molecule has 2 saturated heterocycles. The number of H-pyrrole nitrogens is 1. The Kier molecular flexibility index (Phi) is 4.92. The molecular weight excluding hydrogens is 473 g/mol. The van der Waals surface area contributed by atoms with Crippen molar-refractivity contribution in [1.29, 1.82) is 0 Å². The van der Waals surface area contributed by atoms with Crippen molar-refractivity contribution in [2.24, 2.45) is 5.92 Å². The molecule has 3 heterocycles. The molecule has 3 aromatic carbocycles. The molecule has 6 rings (SSSR count). The number of aromatic amines is 1. The van der Waals surface area contributed by atoms with Crippen molar-refractivity contribution < 1.29 is 14.4 Å². The normalized spacial score (nSPS) is 22.1. The Morgan fingerprint density at radius 3 is 2.35 bits per heavy atom. The third-order valence-corrected chi connectivity index (χ3v) is 7.27. The standard InChI is InChI=1S/C26H19Cl2N3O3/c1-14-21(17-9-5-6-10-20(17)29-14)23-22-24(34-31(23)15-7-3-2-4-8-15)26(33)30(25(22)32)16-11-12-18(27)19(28)13-16/h2-13,22-24,29H,1H3. The number of nitrogens with one attached hydrogen (secondary N) is 1. The Morgan fingerprint density at radius 2 is 1.59 bits per heavy atom. The molecule has 1 N–H and O–H groups in total. The van der Waals surface area contributed by atoms with E-state index in [9.17, 15) is 9.59 Å². The summed E-state index contributed by atoms with van der Waals surface area (Å²) in [6.07, 6.45) is -0.958. The van der Waals surface area contributed by atoms with Crippen LogP contribution in [0, 0.1) is 12.8 Å². The van der Waals surface area contributed by atoms with Gasteiger partial charge in [0, 0.05) is 22.2 Å². The fourth-order valence-electron chi connectivity index (χ4n) is 5.06. The van der Waals surface area contributed by atoms with Crippen molar-refractivity contribution in [2.75, 3.05) is 9.96 Å². The summed E-state index contributed by atoms with van der Waals surface area (Å²) in [6.45, 7) is 1.98. The van der Waals surface area contributed by atoms with Gasteiger partial charge in [-0.3, -0.25) is 14.4 Å². The molecule has 2 aliphatic heterocycles. The molecule has 0 radical (unpaired) electrons. The molecule has 3 atom stereocenters. The largest absolute Gasteiger partial charge is 0.358 e. The minimum atomic E-state index is -0.958. The van der Waals surface area contributed by atoms with Crippen LogP contribution >= 0.6 is 23.2 Å². The van der Waals surface area contributed by atoms with E-state index in [0.717, 1.165) is 32.7 Å². The van der Waals surface area contributed by atoms with Gasteiger partial charge in [-0.1, -0.05) is 59.6 Å². The van der Waals surface area contributed by atoms with Gasteiger partial charge in [0.05, 0.1) is 27.5 Å². The van der Waals surface area contributed by atoms with Crippen LogP contribution in [0.2, 0.25) is 10.0 Å². The number of nitrogens with zero attached hydrogens (tertiary/aromatic N) is 2. The van der Waals surface area contributed by atoms with Crippen LogP contribution in [0.25, 0.3) is 10.9 Å². The number of aromatic nitrogens is 1. The molecule has 6 nitrogen and oxygen atoms in total. The molecule has 2 aliphatic rings. The fraction of sp³-hybridized carbons (Fsp3) is 0.154. The summed E-state index contributed by atoms with van der Waals surface area (Å²) in [7, 11) is 0. The molecule has 2 amide bonds. The summed E-state index contributed by atoms with van der Waals surface area (Å²) in [5.74, 6) is -1.49. The highest BCUT2D eigenvalue weighted by molar-refractivity contribution is 6.42. The number of hydrogen-bond acceptors (Lipinski definition) is 4. The fourth-order valence-corrected chi connectivity index (χ4v) is 5.36. The van der Waals surface area contributed by atoms with Gasteiger partial charge in [0.15, 0.2) is 6.10 Å². The van der Waals surface area contributed by atoms with E-state index in [-0.39, 0.29) is 10.9 Å². The molecule has 1 aromatic heterocycles. The number of hydrogen-bond donors (Lipinski definition) is 1. The number of anilines is 2. The molecule has 0 bridgehead atoms. The number of imide groups is 1. The molecule has 4 aromatic rings. The Bertz CT molecular complexity index is 1450. The first-order valence-corrected chi connectivity index (χ1v) is 11.6. The van der Waals surface area contributed by atoms with Gasteiger partial charge in [0.1, 0.15) is 5.92 Å². The second-order valence-corrected chi connectivity index (χ2v) is 9.29. The number of halogens is 2. The molecule has 3 unspecified atom stereocenters. The monoisotopic (exact) mass is 491 g/mol. The zero-order valence-electron chi connectivity index (χ0n) is 18.0. The van der Waals surface area contributed by atoms with Crippen LogP contribution in [0.1, 0.15) is 17.3 Å². The summed E-state index contributed by atoms with van der Waals surface area (Å²) in [5.41, 5.74) is 3.97. The molecular formula is C26H19Cl2N3O3. The molecule has 0 aliphatic carbocycles. The van der Waals surface area contributed by atoms with Crippen LogP contribution in [-0.2, 0) is 14.4 Å². The predicted molar refractivity (Wildman–Crippen MR) is 132 cm³/mol. The van der Waals surface area contributed by atoms with Gasteiger partial charge in [-0.05, 0) is 43.3 Å². The second kappa shape index (κ2) is 7.87. The van der Waals surface area contributed by atoms with E-state index < -0.39 is 24.0 Å². The maximum absolute atomic E-state index is 13.8. The second-order valence-electron chi connectivity index (χ2n) is 8.48. The zero-order chi connectivity index (χ0) is 23.6. The molecule has 2 fully saturated rings. The minimum Gasteiger partial charge on any atom is -0.358 e. The highest BCUT2D eigenvalue weighted by Gasteiger charge is 2.61. The first-order valence-electron chi connectivity index (χ1n) is 10.9. The molecule has 170 valence electrons. The summed E-state index contributed by atoms with van der Waals surface area (Å²) in [5, 5.41) is 3.32. The number of fused-ring (bicyclic) bond motifs is 2. The third kappa shape index (κ3) is 3.06. The predicted octanol–water partition coefficient (Wildman–Crippen LogP) is 5.83. The van der Waals surface area contributed by atoms with E-state index in [1.165, 1.54) is 6.07 Å². The van der Waals surface area contributed by atoms with Gasteiger partial charge in [-0.25, -0.2) is 9.96 Å². The maximum Gasteiger partial charge on any atom is 0.266 e. The molecule has 0 saturated carbocycles. The minimum absolute atomic E-state index is 0.271. The first kappa shape index (κ1) is 21.2. The first-order chi connectivity index (χ1) is 16.5. The number of carbonyl (C=O) groups excluding carboxylic acids is 2. The number of benzene rings is 3. The van der Waals surface area contributed by atoms with Crippen LogP contribution < -0.4 is 9.96 Å². The van der Waals surface area contributed by atoms with E-state index in [4.69, 9.17) is 28.0 Å². The zero-order valence-corrected chi connectivity index (χ0v) is 19.5. The average Bonchev–Trinajstić information content (AvgIpc) is 3.45. The van der Waals surface area contributed by atoms with Crippen LogP contribution in [0.3, 0.4) is 0 Å². The summed E-state index contributed by atoms with van der Waals surface area (Å²) >= 11 is 12.2. The lowest BCUT2D eigenvalue weighted by Gasteiger charge is -2.29. The highest BCUT2D eigenvalue weighted by Crippen LogP contribution is 2.50. The number of amides is 2. The van der Waals surface area contributed by atoms with Crippen LogP contribution in [-0.4, -0.2) is 22.9 Å². The number of para-hydroxylation sites is 2. The Hall–Kier alpha value is -3.32. The quantitative estimate of drug-likeness (QED) is 0.366. The van der Waals surface area contributed by atoms with Gasteiger partial charge >= 0.3 is 0 Å². The van der Waals surface area contributed by atoms with Crippen LogP contribution in [0.5, 0.6) is 0 Å². The van der Waals surface area contributed by atoms with E-state index in [1.54, 1.807) is 17.2 Å². The number of carbonyl (C=O) groups is 2. The lowest BCUT2D eigenvalue weighted by Crippen LogP contribution is -2.37. The lowest BCUT2D eigenvalue weighted by molar-refractivity contribution is -0.126. The van der Waals surface area contributed by atoms with Gasteiger partial charge in [-0.15, -0.1) is 0 Å². The Balaban J connectivity index is 1.51. The van der Waals surface area contributed by atoms with Crippen molar-refractivity contribution in [2.45, 2.75) is 19.1 Å². The summed E-state index contributed by atoms with van der Waals surface area (Å²) in [4.78, 5) is 38.2. The van der Waals surface area contributed by atoms with Crippen molar-refractivity contribution in [3.63, 3.8) is 0 Å². The van der Waals surface area contributed by atoms with E-state index in [1.807, 2.05) is 61.5 Å². The summed E-state index contributed by atoms with van der Waals surface area (Å²) < 4.78 is 0. The number of rotatable bonds is 3. The highest BCUT2D eigenvalue weighted by atomic mass is 35.5. The molecule has 34 heavy (non-hydrogen) atoms. The maximum atomic E-state index is 13.8. The lowest BCUT2D eigenvalue weighted by atomic mass is 9.89. The van der Waals surface area contributed by atoms with Crippen molar-refractivity contribution in [1.82, 2.24) is 4.98 Å². The van der Waals surface area contributed by atoms with Crippen molar-refractivity contribution in [3.8, 4) is 0 Å². The Labute approximate surface area is 205 Å². The van der Waals surface area contributed by atoms with Gasteiger partial charge in [-0.2, -0.15) is 0 Å². The smallest absolute Gasteiger partial charge is 0.266 e. The Morgan fingerprint density at radius 1 is 0.853 bits per heavy atom. The number of aryl methyl sites for hydroxylation is 1. The van der Waals surface area contributed by atoms with Crippen molar-refractivity contribution in [3.05, 3.63) is 94.1 Å². The van der Waals surface area contributed by atoms with E-state index >= 15 is 0 Å². The van der Waals surface area contributed by atoms with Crippen LogP contribution in [0.4, 0.5) is 11.4 Å².